The first kappa shape index (κ1) is 14.7. The average Bonchev–Trinajstić information content (AvgIpc) is 3.25. The van der Waals surface area contributed by atoms with Crippen LogP contribution in [-0.4, -0.2) is 39.0 Å². The van der Waals surface area contributed by atoms with E-state index in [0.717, 1.165) is 0 Å². The molecule has 5 nitrogen and oxygen atoms in total. The van der Waals surface area contributed by atoms with Gasteiger partial charge in [-0.25, -0.2) is 17.5 Å². The van der Waals surface area contributed by atoms with Crippen LogP contribution in [0.1, 0.15) is 19.3 Å². The zero-order valence-electron chi connectivity index (χ0n) is 11.5. The topological polar surface area (TPSA) is 64.6 Å². The van der Waals surface area contributed by atoms with E-state index in [9.17, 15) is 12.8 Å². The Morgan fingerprint density at radius 1 is 1.29 bits per heavy atom. The van der Waals surface area contributed by atoms with Gasteiger partial charge in [-0.05, 0) is 31.4 Å². The molecule has 1 aromatic carbocycles. The summed E-state index contributed by atoms with van der Waals surface area (Å²) in [6, 6.07) is 5.47. The van der Waals surface area contributed by atoms with E-state index < -0.39 is 16.1 Å². The number of benzene rings is 1. The molecule has 1 aliphatic heterocycles. The fourth-order valence-electron chi connectivity index (χ4n) is 2.36. The predicted molar refractivity (Wildman–Crippen MR) is 75.1 cm³/mol. The van der Waals surface area contributed by atoms with Gasteiger partial charge in [-0.1, -0.05) is 6.07 Å². The van der Waals surface area contributed by atoms with Crippen LogP contribution in [0.5, 0.6) is 5.75 Å². The molecule has 0 radical (unpaired) electrons. The zero-order valence-corrected chi connectivity index (χ0v) is 12.3. The van der Waals surface area contributed by atoms with Gasteiger partial charge in [0.25, 0.3) is 0 Å². The molecule has 0 spiro atoms. The van der Waals surface area contributed by atoms with Crippen LogP contribution in [-0.2, 0) is 14.8 Å². The van der Waals surface area contributed by atoms with Gasteiger partial charge in [0.05, 0.1) is 17.9 Å². The van der Waals surface area contributed by atoms with E-state index >= 15 is 0 Å². The largest absolute Gasteiger partial charge is 0.486 e. The lowest BCUT2D eigenvalue weighted by molar-refractivity contribution is -0.00938. The third-order valence-corrected chi connectivity index (χ3v) is 5.65. The van der Waals surface area contributed by atoms with Crippen molar-refractivity contribution in [2.45, 2.75) is 36.7 Å². The third-order valence-electron chi connectivity index (χ3n) is 3.67. The maximum absolute atomic E-state index is 13.2. The molecule has 0 amide bonds. The molecule has 0 unspecified atom stereocenters. The molecule has 21 heavy (non-hydrogen) atoms. The summed E-state index contributed by atoms with van der Waals surface area (Å²) in [6.45, 7) is 0.773. The van der Waals surface area contributed by atoms with E-state index in [1.165, 1.54) is 12.1 Å². The summed E-state index contributed by atoms with van der Waals surface area (Å²) in [4.78, 5) is 0. The number of nitrogens with one attached hydrogen (secondary N) is 1. The number of hydrogen-bond donors (Lipinski definition) is 1. The Kier molecular flexibility index (Phi) is 4.14. The highest BCUT2D eigenvalue weighted by Gasteiger charge is 2.39. The van der Waals surface area contributed by atoms with Crippen LogP contribution >= 0.6 is 0 Å². The van der Waals surface area contributed by atoms with Crippen molar-refractivity contribution in [1.82, 2.24) is 4.72 Å². The quantitative estimate of drug-likeness (QED) is 0.893. The minimum Gasteiger partial charge on any atom is -0.486 e. The van der Waals surface area contributed by atoms with Gasteiger partial charge in [0.15, 0.2) is 0 Å². The molecule has 1 aromatic rings. The van der Waals surface area contributed by atoms with Crippen LogP contribution in [0.2, 0.25) is 0 Å². The van der Waals surface area contributed by atoms with E-state index in [4.69, 9.17) is 9.47 Å². The van der Waals surface area contributed by atoms with Gasteiger partial charge in [0.2, 0.25) is 10.0 Å². The summed E-state index contributed by atoms with van der Waals surface area (Å²) in [5.41, 5.74) is 0. The average molecular weight is 315 g/mol. The summed E-state index contributed by atoms with van der Waals surface area (Å²) < 4.78 is 51.0. The van der Waals surface area contributed by atoms with Crippen LogP contribution in [0.4, 0.5) is 4.39 Å². The van der Waals surface area contributed by atoms with Crippen molar-refractivity contribution in [1.29, 1.82) is 0 Å². The molecule has 1 N–H and O–H groups in total. The number of halogens is 1. The van der Waals surface area contributed by atoms with Gasteiger partial charge in [-0.15, -0.1) is 0 Å². The van der Waals surface area contributed by atoms with Crippen molar-refractivity contribution in [3.63, 3.8) is 0 Å². The van der Waals surface area contributed by atoms with Crippen molar-refractivity contribution in [3.05, 3.63) is 30.1 Å². The monoisotopic (exact) mass is 315 g/mol. The normalized spacial score (nSPS) is 26.5. The van der Waals surface area contributed by atoms with E-state index in [2.05, 4.69) is 4.72 Å². The summed E-state index contributed by atoms with van der Waals surface area (Å²) in [6.07, 6.45) is 1.53. The molecule has 116 valence electrons. The summed E-state index contributed by atoms with van der Waals surface area (Å²) in [7, 11) is -3.28. The molecule has 3 rings (SSSR count). The van der Waals surface area contributed by atoms with Crippen molar-refractivity contribution in [2.75, 3.05) is 13.2 Å². The van der Waals surface area contributed by atoms with Crippen LogP contribution in [0.3, 0.4) is 0 Å². The van der Waals surface area contributed by atoms with Crippen molar-refractivity contribution in [3.8, 4) is 5.75 Å². The lowest BCUT2D eigenvalue weighted by atomic mass is 10.1. The van der Waals surface area contributed by atoms with Gasteiger partial charge in [0.1, 0.15) is 17.7 Å². The summed E-state index contributed by atoms with van der Waals surface area (Å²) >= 11 is 0. The van der Waals surface area contributed by atoms with E-state index in [-0.39, 0.29) is 23.7 Å². The molecule has 2 atom stereocenters. The SMILES string of the molecule is O=S(=O)(N[C@@H]1CCOC[C@H]1Oc1cccc(F)c1)C1CC1. The standard InChI is InChI=1S/C14H18FNO4S/c15-10-2-1-3-11(8-10)20-14-9-19-7-6-13(14)16-21(17,18)12-4-5-12/h1-3,8,12-14,16H,4-7,9H2/t13-,14-/m1/s1. The highest BCUT2D eigenvalue weighted by Crippen LogP contribution is 2.28. The van der Waals surface area contributed by atoms with E-state index in [1.54, 1.807) is 12.1 Å². The Hall–Kier alpha value is -1.18. The van der Waals surface area contributed by atoms with Crippen molar-refractivity contribution in [2.24, 2.45) is 0 Å². The van der Waals surface area contributed by atoms with Crippen molar-refractivity contribution >= 4 is 10.0 Å². The second-order valence-corrected chi connectivity index (χ2v) is 7.44. The number of ether oxygens (including phenoxy) is 2. The maximum atomic E-state index is 13.2. The molecule has 0 aromatic heterocycles. The molecule has 1 heterocycles. The molecule has 0 bridgehead atoms. The summed E-state index contributed by atoms with van der Waals surface area (Å²) in [5.74, 6) is -0.0135. The molecule has 1 saturated carbocycles. The predicted octanol–water partition coefficient (Wildman–Crippen LogP) is 1.44. The first-order valence-electron chi connectivity index (χ1n) is 7.06. The first-order chi connectivity index (χ1) is 10.0. The Balaban J connectivity index is 1.69. The minimum atomic E-state index is -3.28. The van der Waals surface area contributed by atoms with E-state index in [1.807, 2.05) is 0 Å². The molecule has 2 aliphatic rings. The fourth-order valence-corrected chi connectivity index (χ4v) is 4.00. The number of hydrogen-bond acceptors (Lipinski definition) is 4. The minimum absolute atomic E-state index is 0.268. The number of sulfonamides is 1. The molecule has 1 aliphatic carbocycles. The smallest absolute Gasteiger partial charge is 0.214 e. The Labute approximate surface area is 123 Å². The highest BCUT2D eigenvalue weighted by atomic mass is 32.2. The zero-order chi connectivity index (χ0) is 14.9. The first-order valence-corrected chi connectivity index (χ1v) is 8.60. The van der Waals surface area contributed by atoms with Crippen LogP contribution < -0.4 is 9.46 Å². The lowest BCUT2D eigenvalue weighted by Gasteiger charge is -2.32. The molecular weight excluding hydrogens is 297 g/mol. The van der Waals surface area contributed by atoms with Crippen LogP contribution in [0.25, 0.3) is 0 Å². The number of rotatable bonds is 5. The Bertz CT molecular complexity index is 603. The Morgan fingerprint density at radius 2 is 2.10 bits per heavy atom. The second-order valence-electron chi connectivity index (χ2n) is 5.45. The molecular formula is C14H18FNO4S. The second kappa shape index (κ2) is 5.90. The van der Waals surface area contributed by atoms with Crippen molar-refractivity contribution < 1.29 is 22.3 Å². The van der Waals surface area contributed by atoms with Gasteiger partial charge >= 0.3 is 0 Å². The lowest BCUT2D eigenvalue weighted by Crippen LogP contribution is -2.52. The van der Waals surface area contributed by atoms with Gasteiger partial charge in [-0.2, -0.15) is 0 Å². The Morgan fingerprint density at radius 3 is 2.81 bits per heavy atom. The highest BCUT2D eigenvalue weighted by molar-refractivity contribution is 7.90. The fraction of sp³-hybridized carbons (Fsp3) is 0.571. The molecule has 2 fully saturated rings. The molecule has 1 saturated heterocycles. The molecule has 7 heteroatoms. The van der Waals surface area contributed by atoms with Gasteiger partial charge in [-0.3, -0.25) is 0 Å². The maximum Gasteiger partial charge on any atom is 0.214 e. The van der Waals surface area contributed by atoms with Gasteiger partial charge in [0, 0.05) is 12.7 Å². The summed E-state index contributed by atoms with van der Waals surface area (Å²) in [5, 5.41) is -0.268. The van der Waals surface area contributed by atoms with E-state index in [0.29, 0.717) is 31.6 Å². The van der Waals surface area contributed by atoms with Crippen LogP contribution in [0.15, 0.2) is 24.3 Å². The van der Waals surface area contributed by atoms with Crippen LogP contribution in [0, 0.1) is 5.82 Å². The third kappa shape index (κ3) is 3.72. The van der Waals surface area contributed by atoms with Gasteiger partial charge < -0.3 is 9.47 Å².